The smallest absolute Gasteiger partial charge is 0.0991 e. The second kappa shape index (κ2) is 11.7. The molecule has 0 N–H and O–H groups in total. The van der Waals surface area contributed by atoms with Gasteiger partial charge in [-0.2, -0.15) is 5.26 Å². The van der Waals surface area contributed by atoms with Crippen LogP contribution in [0, 0.1) is 23.2 Å². The highest BCUT2D eigenvalue weighted by molar-refractivity contribution is 5.69. The predicted molar refractivity (Wildman–Crippen MR) is 140 cm³/mol. The topological polar surface area (TPSA) is 23.8 Å². The van der Waals surface area contributed by atoms with Crippen LogP contribution in [0.2, 0.25) is 0 Å². The molecule has 0 amide bonds. The van der Waals surface area contributed by atoms with E-state index >= 15 is 0 Å². The summed E-state index contributed by atoms with van der Waals surface area (Å²) in [6, 6.07) is 29.9. The number of nitriles is 1. The van der Waals surface area contributed by atoms with Crippen LogP contribution in [0.3, 0.4) is 0 Å². The Labute approximate surface area is 199 Å². The number of nitrogens with zero attached hydrogens (tertiary/aromatic N) is 1. The zero-order valence-corrected chi connectivity index (χ0v) is 19.8. The molecule has 1 nitrogen and oxygen atoms in total. The second-order valence-corrected chi connectivity index (χ2v) is 9.78. The molecule has 0 heterocycles. The van der Waals surface area contributed by atoms with Crippen LogP contribution < -0.4 is 0 Å². The monoisotopic (exact) mass is 433 g/mol. The maximum atomic E-state index is 8.90. The number of benzene rings is 3. The van der Waals surface area contributed by atoms with Crippen LogP contribution in [0.15, 0.2) is 78.9 Å². The average Bonchev–Trinajstić information content (AvgIpc) is 2.88. The summed E-state index contributed by atoms with van der Waals surface area (Å²) >= 11 is 0. The molecule has 1 atom stereocenters. The first kappa shape index (κ1) is 23.1. The van der Waals surface area contributed by atoms with Gasteiger partial charge in [-0.05, 0) is 71.4 Å². The molecule has 0 aromatic heterocycles. The molecule has 0 bridgehead atoms. The van der Waals surface area contributed by atoms with Crippen molar-refractivity contribution in [3.8, 4) is 6.07 Å². The molecule has 168 valence electrons. The van der Waals surface area contributed by atoms with E-state index in [1.54, 1.807) is 0 Å². The van der Waals surface area contributed by atoms with Gasteiger partial charge < -0.3 is 0 Å². The van der Waals surface area contributed by atoms with Crippen LogP contribution in [-0.4, -0.2) is 0 Å². The van der Waals surface area contributed by atoms with Crippen molar-refractivity contribution in [3.05, 3.63) is 107 Å². The number of rotatable bonds is 8. The fraction of sp³-hybridized carbons (Fsp3) is 0.344. The Morgan fingerprint density at radius 1 is 0.788 bits per heavy atom. The lowest BCUT2D eigenvalue weighted by Gasteiger charge is -2.30. The highest BCUT2D eigenvalue weighted by Gasteiger charge is 2.22. The molecule has 33 heavy (non-hydrogen) atoms. The lowest BCUT2D eigenvalue weighted by atomic mass is 9.76. The first-order valence-corrected chi connectivity index (χ1v) is 12.5. The fourth-order valence-corrected chi connectivity index (χ4v) is 5.20. The van der Waals surface area contributed by atoms with Gasteiger partial charge in [-0.1, -0.05) is 111 Å². The van der Waals surface area contributed by atoms with Crippen LogP contribution in [0.4, 0.5) is 0 Å². The molecule has 0 saturated heterocycles. The Morgan fingerprint density at radius 2 is 1.36 bits per heavy atom. The van der Waals surface area contributed by atoms with Crippen molar-refractivity contribution < 1.29 is 0 Å². The van der Waals surface area contributed by atoms with Crippen molar-refractivity contribution in [2.75, 3.05) is 0 Å². The number of hydrogen-bond acceptors (Lipinski definition) is 1. The molecule has 3 aromatic rings. The minimum absolute atomic E-state index is 0.678. The number of hydrogen-bond donors (Lipinski definition) is 0. The summed E-state index contributed by atoms with van der Waals surface area (Å²) in [6.07, 6.45) is 13.7. The van der Waals surface area contributed by atoms with Gasteiger partial charge in [-0.25, -0.2) is 0 Å². The highest BCUT2D eigenvalue weighted by Crippen LogP contribution is 2.37. The van der Waals surface area contributed by atoms with Gasteiger partial charge >= 0.3 is 0 Å². The predicted octanol–water partition coefficient (Wildman–Crippen LogP) is 8.66. The molecule has 1 fully saturated rings. The Hall–Kier alpha value is -3.11. The Bertz CT molecular complexity index is 1050. The minimum atomic E-state index is 0.678. The van der Waals surface area contributed by atoms with Gasteiger partial charge in [0.1, 0.15) is 0 Å². The van der Waals surface area contributed by atoms with Gasteiger partial charge in [0, 0.05) is 0 Å². The fourth-order valence-electron chi connectivity index (χ4n) is 5.20. The maximum Gasteiger partial charge on any atom is 0.0991 e. The van der Waals surface area contributed by atoms with E-state index < -0.39 is 0 Å². The molecule has 1 heteroatoms. The minimum Gasteiger partial charge on any atom is -0.192 e. The summed E-state index contributed by atoms with van der Waals surface area (Å²) in [7, 11) is 0. The Balaban J connectivity index is 1.19. The molecule has 4 rings (SSSR count). The summed E-state index contributed by atoms with van der Waals surface area (Å²) in [5.41, 5.74) is 5.98. The normalized spacial score (nSPS) is 19.3. The summed E-state index contributed by atoms with van der Waals surface area (Å²) < 4.78 is 0. The van der Waals surface area contributed by atoms with Gasteiger partial charge in [-0.3, -0.25) is 0 Å². The van der Waals surface area contributed by atoms with Crippen molar-refractivity contribution in [2.24, 2.45) is 11.8 Å². The Kier molecular flexibility index (Phi) is 8.15. The van der Waals surface area contributed by atoms with Crippen molar-refractivity contribution in [1.82, 2.24) is 0 Å². The van der Waals surface area contributed by atoms with Crippen molar-refractivity contribution in [1.29, 1.82) is 5.26 Å². The van der Waals surface area contributed by atoms with E-state index in [-0.39, 0.29) is 0 Å². The second-order valence-electron chi connectivity index (χ2n) is 9.78. The standard InChI is InChI=1S/C32H35N/c1-25(32-5-3-2-4-6-32)23-30-19-15-28(16-20-30)13-11-26-7-9-27(10-8-26)12-14-29-17-21-31(24-33)22-18-29/h2-10,12,14,17-18,21-22,25,28,30H,11,13,15-16,19-20,23H2,1H3/t25-,28?,30?/m0/s1. The van der Waals surface area contributed by atoms with E-state index in [4.69, 9.17) is 5.26 Å². The van der Waals surface area contributed by atoms with Gasteiger partial charge in [0.2, 0.25) is 0 Å². The maximum absolute atomic E-state index is 8.90. The van der Waals surface area contributed by atoms with E-state index in [9.17, 15) is 0 Å². The van der Waals surface area contributed by atoms with E-state index in [1.165, 1.54) is 61.6 Å². The molecule has 1 aliphatic rings. The summed E-state index contributed by atoms with van der Waals surface area (Å²) in [6.45, 7) is 2.39. The van der Waals surface area contributed by atoms with Gasteiger partial charge in [-0.15, -0.1) is 0 Å². The van der Waals surface area contributed by atoms with Gasteiger partial charge in [0.15, 0.2) is 0 Å². The molecule has 1 aliphatic carbocycles. The van der Waals surface area contributed by atoms with Gasteiger partial charge in [0.05, 0.1) is 11.6 Å². The van der Waals surface area contributed by atoms with Crippen molar-refractivity contribution in [2.45, 2.75) is 57.8 Å². The summed E-state index contributed by atoms with van der Waals surface area (Å²) in [5, 5.41) is 8.90. The van der Waals surface area contributed by atoms with Crippen LogP contribution >= 0.6 is 0 Å². The van der Waals surface area contributed by atoms with E-state index in [0.717, 1.165) is 17.4 Å². The molecular formula is C32H35N. The SMILES string of the molecule is C[C@@H](CC1CCC(CCc2ccc(C=Cc3ccc(C#N)cc3)cc2)CC1)c1ccccc1. The molecule has 0 aliphatic heterocycles. The van der Waals surface area contributed by atoms with Crippen LogP contribution in [0.5, 0.6) is 0 Å². The summed E-state index contributed by atoms with van der Waals surface area (Å²) in [4.78, 5) is 0. The molecule has 3 aromatic carbocycles. The first-order chi connectivity index (χ1) is 16.2. The van der Waals surface area contributed by atoms with E-state index in [1.807, 2.05) is 24.3 Å². The van der Waals surface area contributed by atoms with Crippen molar-refractivity contribution in [3.63, 3.8) is 0 Å². The zero-order chi connectivity index (χ0) is 22.9. The molecule has 0 unspecified atom stereocenters. The summed E-state index contributed by atoms with van der Waals surface area (Å²) in [5.74, 6) is 2.47. The molecule has 0 spiro atoms. The third-order valence-corrected chi connectivity index (χ3v) is 7.35. The van der Waals surface area contributed by atoms with E-state index in [0.29, 0.717) is 11.5 Å². The average molecular weight is 434 g/mol. The lowest BCUT2D eigenvalue weighted by Crippen LogP contribution is -2.16. The third-order valence-electron chi connectivity index (χ3n) is 7.35. The molecule has 0 radical (unpaired) electrons. The quantitative estimate of drug-likeness (QED) is 0.326. The van der Waals surface area contributed by atoms with Crippen LogP contribution in [0.25, 0.3) is 12.2 Å². The van der Waals surface area contributed by atoms with Crippen molar-refractivity contribution >= 4 is 12.2 Å². The van der Waals surface area contributed by atoms with Gasteiger partial charge in [0.25, 0.3) is 0 Å². The highest BCUT2D eigenvalue weighted by atomic mass is 14.3. The van der Waals surface area contributed by atoms with Crippen LogP contribution in [0.1, 0.15) is 79.2 Å². The molecular weight excluding hydrogens is 398 g/mol. The lowest BCUT2D eigenvalue weighted by molar-refractivity contribution is 0.245. The zero-order valence-electron chi connectivity index (χ0n) is 19.8. The Morgan fingerprint density at radius 3 is 1.97 bits per heavy atom. The number of aryl methyl sites for hydroxylation is 1. The third kappa shape index (κ3) is 6.93. The van der Waals surface area contributed by atoms with E-state index in [2.05, 4.69) is 79.7 Å². The largest absolute Gasteiger partial charge is 0.192 e. The first-order valence-electron chi connectivity index (χ1n) is 12.5. The van der Waals surface area contributed by atoms with Crippen LogP contribution in [-0.2, 0) is 6.42 Å². The molecule has 1 saturated carbocycles.